The highest BCUT2D eigenvalue weighted by molar-refractivity contribution is 7.89. The Morgan fingerprint density at radius 1 is 1.15 bits per heavy atom. The number of carbonyl (C=O) groups is 1. The Hall–Kier alpha value is -2.75. The number of hydrogen-bond donors (Lipinski definition) is 1. The number of hydrogen-bond acceptors (Lipinski definition) is 6. The van der Waals surface area contributed by atoms with Gasteiger partial charge in [0.1, 0.15) is 4.90 Å². The first-order valence-electron chi connectivity index (χ1n) is 10.6. The van der Waals surface area contributed by atoms with Gasteiger partial charge in [-0.1, -0.05) is 22.8 Å². The van der Waals surface area contributed by atoms with Gasteiger partial charge in [0.25, 0.3) is 0 Å². The number of nitrogens with one attached hydrogen (secondary N) is 1. The molecule has 1 atom stereocenters. The van der Waals surface area contributed by atoms with Crippen LogP contribution in [-0.4, -0.2) is 41.9 Å². The molecule has 0 bridgehead atoms. The molecule has 1 aromatic heterocycles. The van der Waals surface area contributed by atoms with Crippen molar-refractivity contribution in [3.8, 4) is 11.4 Å². The van der Waals surface area contributed by atoms with E-state index in [0.717, 1.165) is 11.1 Å². The third kappa shape index (κ3) is 5.10. The van der Waals surface area contributed by atoms with Crippen LogP contribution in [0, 0.1) is 26.7 Å². The van der Waals surface area contributed by atoms with Crippen LogP contribution in [0.4, 0.5) is 5.69 Å². The van der Waals surface area contributed by atoms with Crippen LogP contribution in [0.15, 0.2) is 45.8 Å². The van der Waals surface area contributed by atoms with Crippen molar-refractivity contribution in [2.45, 2.75) is 38.5 Å². The SMILES string of the molecule is Cc1cc(C)cc(NC(=O)[C@@H]2CCCN(S(=O)(=O)c3cc(-c4noc(C)n4)ccc3Cl)C2)c1. The highest BCUT2D eigenvalue weighted by Gasteiger charge is 2.34. The van der Waals surface area contributed by atoms with Crippen LogP contribution in [0.1, 0.15) is 29.9 Å². The van der Waals surface area contributed by atoms with Gasteiger partial charge in [0.05, 0.1) is 10.9 Å². The molecule has 2 aromatic carbocycles. The van der Waals surface area contributed by atoms with Gasteiger partial charge in [-0.15, -0.1) is 0 Å². The highest BCUT2D eigenvalue weighted by atomic mass is 35.5. The Bertz CT molecular complexity index is 1290. The predicted molar refractivity (Wildman–Crippen MR) is 126 cm³/mol. The molecule has 1 amide bonds. The summed E-state index contributed by atoms with van der Waals surface area (Å²) < 4.78 is 33.2. The molecule has 0 radical (unpaired) electrons. The molecule has 33 heavy (non-hydrogen) atoms. The van der Waals surface area contributed by atoms with E-state index in [-0.39, 0.29) is 28.2 Å². The van der Waals surface area contributed by atoms with Crippen LogP contribution in [0.25, 0.3) is 11.4 Å². The maximum absolute atomic E-state index is 13.5. The lowest BCUT2D eigenvalue weighted by Crippen LogP contribution is -2.43. The standard InChI is InChI=1S/C23H25ClN4O4S/c1-14-9-15(2)11-19(10-14)26-23(29)18-5-4-8-28(13-18)33(30,31)21-12-17(6-7-20(21)24)22-25-16(3)32-27-22/h6-7,9-12,18H,4-5,8,13H2,1-3H3,(H,26,29)/t18-/m1/s1. The summed E-state index contributed by atoms with van der Waals surface area (Å²) >= 11 is 6.28. The molecule has 4 rings (SSSR count). The van der Waals surface area contributed by atoms with Gasteiger partial charge in [0.15, 0.2) is 0 Å². The van der Waals surface area contributed by atoms with Crippen molar-refractivity contribution in [2.75, 3.05) is 18.4 Å². The van der Waals surface area contributed by atoms with Gasteiger partial charge in [-0.3, -0.25) is 4.79 Å². The van der Waals surface area contributed by atoms with E-state index in [1.807, 2.05) is 32.0 Å². The lowest BCUT2D eigenvalue weighted by Gasteiger charge is -2.31. The van der Waals surface area contributed by atoms with Gasteiger partial charge < -0.3 is 9.84 Å². The number of piperidine rings is 1. The molecule has 1 fully saturated rings. The number of rotatable bonds is 5. The van der Waals surface area contributed by atoms with E-state index in [9.17, 15) is 13.2 Å². The number of aryl methyl sites for hydroxylation is 3. The van der Waals surface area contributed by atoms with Crippen molar-refractivity contribution in [3.63, 3.8) is 0 Å². The quantitative estimate of drug-likeness (QED) is 0.572. The van der Waals surface area contributed by atoms with Crippen LogP contribution >= 0.6 is 11.6 Å². The van der Waals surface area contributed by atoms with Crippen LogP contribution in [0.2, 0.25) is 5.02 Å². The number of aromatic nitrogens is 2. The third-order valence-corrected chi connectivity index (χ3v) is 7.93. The molecule has 0 aliphatic carbocycles. The van der Waals surface area contributed by atoms with Gasteiger partial charge in [0, 0.05) is 31.3 Å². The third-order valence-electron chi connectivity index (χ3n) is 5.58. The van der Waals surface area contributed by atoms with Gasteiger partial charge in [-0.25, -0.2) is 8.42 Å². The van der Waals surface area contributed by atoms with Crippen LogP contribution < -0.4 is 5.32 Å². The smallest absolute Gasteiger partial charge is 0.244 e. The fraction of sp³-hybridized carbons (Fsp3) is 0.348. The number of halogens is 1. The highest BCUT2D eigenvalue weighted by Crippen LogP contribution is 2.32. The number of carbonyl (C=O) groups excluding carboxylic acids is 1. The Labute approximate surface area is 198 Å². The molecular formula is C23H25ClN4O4S. The number of benzene rings is 2. The van der Waals surface area contributed by atoms with Crippen molar-refractivity contribution in [2.24, 2.45) is 5.92 Å². The zero-order valence-corrected chi connectivity index (χ0v) is 20.2. The number of anilines is 1. The first kappa shape index (κ1) is 23.4. The molecule has 0 spiro atoms. The zero-order chi connectivity index (χ0) is 23.8. The minimum atomic E-state index is -3.93. The Morgan fingerprint density at radius 2 is 1.88 bits per heavy atom. The fourth-order valence-corrected chi connectivity index (χ4v) is 6.09. The Kier molecular flexibility index (Phi) is 6.56. The molecule has 174 valence electrons. The van der Waals surface area contributed by atoms with E-state index in [0.29, 0.717) is 36.5 Å². The van der Waals surface area contributed by atoms with Crippen LogP contribution in [0.3, 0.4) is 0 Å². The predicted octanol–water partition coefficient (Wildman–Crippen LogP) is 4.35. The summed E-state index contributed by atoms with van der Waals surface area (Å²) in [4.78, 5) is 17.0. The fourth-order valence-electron chi connectivity index (χ4n) is 4.06. The van der Waals surface area contributed by atoms with Gasteiger partial charge >= 0.3 is 0 Å². The summed E-state index contributed by atoms with van der Waals surface area (Å²) in [5.41, 5.74) is 3.29. The van der Waals surface area contributed by atoms with E-state index in [1.54, 1.807) is 13.0 Å². The van der Waals surface area contributed by atoms with Crippen molar-refractivity contribution in [3.05, 3.63) is 58.4 Å². The summed E-state index contributed by atoms with van der Waals surface area (Å²) in [6.45, 7) is 5.98. The van der Waals surface area contributed by atoms with Crippen molar-refractivity contribution in [1.82, 2.24) is 14.4 Å². The minimum absolute atomic E-state index is 0.0421. The summed E-state index contributed by atoms with van der Waals surface area (Å²) in [5.74, 6) is 0.00110. The Morgan fingerprint density at radius 3 is 2.55 bits per heavy atom. The summed E-state index contributed by atoms with van der Waals surface area (Å²) in [6.07, 6.45) is 1.18. The second-order valence-electron chi connectivity index (χ2n) is 8.35. The van der Waals surface area contributed by atoms with Gasteiger partial charge in [-0.2, -0.15) is 9.29 Å². The molecule has 0 saturated carbocycles. The molecule has 8 nitrogen and oxygen atoms in total. The molecule has 2 heterocycles. The monoisotopic (exact) mass is 488 g/mol. The lowest BCUT2D eigenvalue weighted by atomic mass is 9.98. The maximum atomic E-state index is 13.5. The molecule has 1 aliphatic rings. The van der Waals surface area contributed by atoms with Crippen molar-refractivity contribution >= 4 is 33.2 Å². The number of sulfonamides is 1. The topological polar surface area (TPSA) is 105 Å². The van der Waals surface area contributed by atoms with E-state index < -0.39 is 15.9 Å². The Balaban J connectivity index is 1.55. The first-order valence-corrected chi connectivity index (χ1v) is 12.4. The van der Waals surface area contributed by atoms with Crippen LogP contribution in [0.5, 0.6) is 0 Å². The summed E-state index contributed by atoms with van der Waals surface area (Å²) in [6, 6.07) is 10.4. The molecule has 10 heteroatoms. The van der Waals surface area contributed by atoms with Gasteiger partial charge in [-0.05, 0) is 68.1 Å². The maximum Gasteiger partial charge on any atom is 0.244 e. The second kappa shape index (κ2) is 9.24. The van der Waals surface area contributed by atoms with E-state index >= 15 is 0 Å². The lowest BCUT2D eigenvalue weighted by molar-refractivity contribution is -0.120. The molecular weight excluding hydrogens is 464 g/mol. The molecule has 0 unspecified atom stereocenters. The number of amides is 1. The van der Waals surface area contributed by atoms with Gasteiger partial charge in [0.2, 0.25) is 27.6 Å². The van der Waals surface area contributed by atoms with Crippen molar-refractivity contribution < 1.29 is 17.7 Å². The van der Waals surface area contributed by atoms with E-state index in [4.69, 9.17) is 16.1 Å². The van der Waals surface area contributed by atoms with E-state index in [1.165, 1.54) is 16.4 Å². The van der Waals surface area contributed by atoms with E-state index in [2.05, 4.69) is 15.5 Å². The first-order chi connectivity index (χ1) is 15.6. The molecule has 1 N–H and O–H groups in total. The second-order valence-corrected chi connectivity index (χ2v) is 10.7. The normalized spacial score (nSPS) is 17.2. The average Bonchev–Trinajstić information content (AvgIpc) is 3.19. The van der Waals surface area contributed by atoms with Crippen LogP contribution in [-0.2, 0) is 14.8 Å². The number of nitrogens with zero attached hydrogens (tertiary/aromatic N) is 3. The molecule has 1 aliphatic heterocycles. The zero-order valence-electron chi connectivity index (χ0n) is 18.6. The molecule has 3 aromatic rings. The van der Waals surface area contributed by atoms with Crippen molar-refractivity contribution in [1.29, 1.82) is 0 Å². The average molecular weight is 489 g/mol. The summed E-state index contributed by atoms with van der Waals surface area (Å²) in [7, 11) is -3.93. The molecule has 1 saturated heterocycles. The summed E-state index contributed by atoms with van der Waals surface area (Å²) in [5, 5.41) is 6.88. The largest absolute Gasteiger partial charge is 0.339 e. The minimum Gasteiger partial charge on any atom is -0.339 e.